The molecule has 0 aromatic carbocycles. The third kappa shape index (κ3) is 2.68. The van der Waals surface area contributed by atoms with Crippen LogP contribution in [0.15, 0.2) is 0 Å². The van der Waals surface area contributed by atoms with Crippen LogP contribution in [0, 0.1) is 4.77 Å². The molecule has 4 heteroatoms. The summed E-state index contributed by atoms with van der Waals surface area (Å²) < 4.78 is 2.92. The minimum absolute atomic E-state index is 0.0728. The van der Waals surface area contributed by atoms with Gasteiger partial charge in [0.15, 0.2) is 4.77 Å². The third-order valence-electron chi connectivity index (χ3n) is 2.68. The van der Waals surface area contributed by atoms with Crippen LogP contribution < -0.4 is 0 Å². The van der Waals surface area contributed by atoms with Crippen molar-refractivity contribution in [3.8, 4) is 0 Å². The average Bonchev–Trinajstić information content (AvgIpc) is 2.48. The summed E-state index contributed by atoms with van der Waals surface area (Å²) in [5.74, 6) is 1.08. The first-order valence-electron chi connectivity index (χ1n) is 5.69. The molecule has 0 aliphatic heterocycles. The van der Waals surface area contributed by atoms with Crippen LogP contribution >= 0.6 is 12.2 Å². The maximum Gasteiger partial charge on any atom is 0.195 e. The lowest BCUT2D eigenvalue weighted by Gasteiger charge is -2.27. The maximum absolute atomic E-state index is 5.29. The maximum atomic E-state index is 5.29. The molecular formula is C11H21N3S. The number of hydrogen-bond acceptors (Lipinski definition) is 2. The zero-order valence-electron chi connectivity index (χ0n) is 10.1. The van der Waals surface area contributed by atoms with Crippen molar-refractivity contribution < 1.29 is 0 Å². The summed E-state index contributed by atoms with van der Waals surface area (Å²) in [4.78, 5) is 0. The van der Waals surface area contributed by atoms with Gasteiger partial charge in [0.05, 0.1) is 0 Å². The zero-order valence-corrected chi connectivity index (χ0v) is 10.9. The fourth-order valence-corrected chi connectivity index (χ4v) is 2.47. The van der Waals surface area contributed by atoms with E-state index in [2.05, 4.69) is 42.5 Å². The molecule has 1 N–H and O–H groups in total. The fourth-order valence-electron chi connectivity index (χ4n) is 2.07. The number of rotatable bonds is 5. The number of aryl methyl sites for hydroxylation is 1. The van der Waals surface area contributed by atoms with E-state index in [4.69, 9.17) is 12.2 Å². The molecule has 0 radical (unpaired) electrons. The van der Waals surface area contributed by atoms with E-state index in [1.54, 1.807) is 0 Å². The van der Waals surface area contributed by atoms with Gasteiger partial charge in [0.25, 0.3) is 0 Å². The summed E-state index contributed by atoms with van der Waals surface area (Å²) in [5.41, 5.74) is 0.0728. The summed E-state index contributed by atoms with van der Waals surface area (Å²) in [5, 5.41) is 7.20. The Bertz CT molecular complexity index is 362. The first kappa shape index (κ1) is 12.4. The molecule has 0 aliphatic carbocycles. The number of hydrogen-bond donors (Lipinski definition) is 1. The quantitative estimate of drug-likeness (QED) is 0.782. The number of nitrogens with zero attached hydrogens (tertiary/aromatic N) is 2. The van der Waals surface area contributed by atoms with Gasteiger partial charge >= 0.3 is 0 Å². The SMILES string of the molecule is CCCc1n[nH]c(=S)n1C(C)(C)CCC. The van der Waals surface area contributed by atoms with Gasteiger partial charge in [-0.3, -0.25) is 9.67 Å². The van der Waals surface area contributed by atoms with Gasteiger partial charge in [0.2, 0.25) is 0 Å². The van der Waals surface area contributed by atoms with Crippen molar-refractivity contribution in [2.24, 2.45) is 0 Å². The second-order valence-corrected chi connectivity index (χ2v) is 4.98. The second-order valence-electron chi connectivity index (χ2n) is 4.59. The molecule has 0 bridgehead atoms. The highest BCUT2D eigenvalue weighted by molar-refractivity contribution is 7.71. The second kappa shape index (κ2) is 4.92. The molecule has 0 atom stereocenters. The van der Waals surface area contributed by atoms with Gasteiger partial charge in [-0.15, -0.1) is 0 Å². The van der Waals surface area contributed by atoms with Crippen molar-refractivity contribution >= 4 is 12.2 Å². The van der Waals surface area contributed by atoms with Crippen molar-refractivity contribution in [1.82, 2.24) is 14.8 Å². The molecule has 1 rings (SSSR count). The first-order chi connectivity index (χ1) is 7.03. The normalized spacial score (nSPS) is 12.0. The number of aromatic nitrogens is 3. The highest BCUT2D eigenvalue weighted by atomic mass is 32.1. The van der Waals surface area contributed by atoms with Crippen LogP contribution in [-0.2, 0) is 12.0 Å². The lowest BCUT2D eigenvalue weighted by molar-refractivity contribution is 0.310. The van der Waals surface area contributed by atoms with Crippen LogP contribution in [0.1, 0.15) is 52.8 Å². The Balaban J connectivity index is 3.10. The highest BCUT2D eigenvalue weighted by Gasteiger charge is 2.23. The Labute approximate surface area is 96.9 Å². The molecule has 0 saturated heterocycles. The van der Waals surface area contributed by atoms with Crippen LogP contribution in [0.25, 0.3) is 0 Å². The Hall–Kier alpha value is -0.640. The highest BCUT2D eigenvalue weighted by Crippen LogP contribution is 2.23. The molecule has 86 valence electrons. The molecular weight excluding hydrogens is 206 g/mol. The molecule has 1 aromatic rings. The molecule has 0 unspecified atom stereocenters. The molecule has 0 aliphatic rings. The van der Waals surface area contributed by atoms with Crippen LogP contribution in [0.4, 0.5) is 0 Å². The number of aromatic amines is 1. The largest absolute Gasteiger partial charge is 0.298 e. The summed E-state index contributed by atoms with van der Waals surface area (Å²) in [7, 11) is 0. The van der Waals surface area contributed by atoms with Crippen LogP contribution in [-0.4, -0.2) is 14.8 Å². The summed E-state index contributed by atoms with van der Waals surface area (Å²) in [6.07, 6.45) is 4.37. The Morgan fingerprint density at radius 1 is 1.33 bits per heavy atom. The van der Waals surface area contributed by atoms with Crippen molar-refractivity contribution in [3.63, 3.8) is 0 Å². The molecule has 0 amide bonds. The van der Waals surface area contributed by atoms with E-state index in [1.807, 2.05) is 0 Å². The van der Waals surface area contributed by atoms with Gasteiger partial charge in [0.1, 0.15) is 5.82 Å². The van der Waals surface area contributed by atoms with E-state index in [-0.39, 0.29) is 5.54 Å². The van der Waals surface area contributed by atoms with Gasteiger partial charge < -0.3 is 0 Å². The van der Waals surface area contributed by atoms with Crippen LogP contribution in [0.3, 0.4) is 0 Å². The van der Waals surface area contributed by atoms with Gasteiger partial charge in [-0.1, -0.05) is 20.3 Å². The zero-order chi connectivity index (χ0) is 11.5. The lowest BCUT2D eigenvalue weighted by Crippen LogP contribution is -2.28. The Kier molecular flexibility index (Phi) is 4.08. The summed E-state index contributed by atoms with van der Waals surface area (Å²) in [6, 6.07) is 0. The summed E-state index contributed by atoms with van der Waals surface area (Å²) >= 11 is 5.29. The predicted octanol–water partition coefficient (Wildman–Crippen LogP) is 3.43. The third-order valence-corrected chi connectivity index (χ3v) is 2.96. The van der Waals surface area contributed by atoms with Crippen LogP contribution in [0.5, 0.6) is 0 Å². The van der Waals surface area contributed by atoms with Crippen molar-refractivity contribution in [2.75, 3.05) is 0 Å². The number of nitrogens with one attached hydrogen (secondary N) is 1. The molecule has 0 saturated carbocycles. The fraction of sp³-hybridized carbons (Fsp3) is 0.818. The Morgan fingerprint density at radius 3 is 2.53 bits per heavy atom. The minimum atomic E-state index is 0.0728. The lowest BCUT2D eigenvalue weighted by atomic mass is 9.98. The van der Waals surface area contributed by atoms with Gasteiger partial charge in [-0.25, -0.2) is 0 Å². The van der Waals surface area contributed by atoms with E-state index >= 15 is 0 Å². The summed E-state index contributed by atoms with van der Waals surface area (Å²) in [6.45, 7) is 8.81. The molecule has 0 spiro atoms. The molecule has 1 heterocycles. The Morgan fingerprint density at radius 2 is 2.00 bits per heavy atom. The van der Waals surface area contributed by atoms with E-state index in [0.29, 0.717) is 0 Å². The average molecular weight is 227 g/mol. The van der Waals surface area contributed by atoms with E-state index in [1.165, 1.54) is 0 Å². The van der Waals surface area contributed by atoms with Gasteiger partial charge in [-0.2, -0.15) is 5.10 Å². The van der Waals surface area contributed by atoms with E-state index in [0.717, 1.165) is 36.3 Å². The van der Waals surface area contributed by atoms with Crippen LogP contribution in [0.2, 0.25) is 0 Å². The van der Waals surface area contributed by atoms with Crippen molar-refractivity contribution in [2.45, 2.75) is 58.9 Å². The molecule has 0 fully saturated rings. The molecule has 15 heavy (non-hydrogen) atoms. The molecule has 1 aromatic heterocycles. The predicted molar refractivity (Wildman–Crippen MR) is 65.6 cm³/mol. The standard InChI is InChI=1S/C11H21N3S/c1-5-7-9-12-13-10(15)14(9)11(3,4)8-6-2/h5-8H2,1-4H3,(H,13,15). The van der Waals surface area contributed by atoms with Crippen molar-refractivity contribution in [1.29, 1.82) is 0 Å². The monoisotopic (exact) mass is 227 g/mol. The topological polar surface area (TPSA) is 33.6 Å². The van der Waals surface area contributed by atoms with Gasteiger partial charge in [0, 0.05) is 12.0 Å². The van der Waals surface area contributed by atoms with Gasteiger partial charge in [-0.05, 0) is 38.9 Å². The minimum Gasteiger partial charge on any atom is -0.298 e. The van der Waals surface area contributed by atoms with E-state index in [9.17, 15) is 0 Å². The molecule has 3 nitrogen and oxygen atoms in total. The van der Waals surface area contributed by atoms with E-state index < -0.39 is 0 Å². The first-order valence-corrected chi connectivity index (χ1v) is 6.10. The smallest absolute Gasteiger partial charge is 0.195 e. The number of H-pyrrole nitrogens is 1. The van der Waals surface area contributed by atoms with Crippen molar-refractivity contribution in [3.05, 3.63) is 10.6 Å².